The van der Waals surface area contributed by atoms with Gasteiger partial charge in [0.25, 0.3) is 0 Å². The minimum absolute atomic E-state index is 0.0643. The number of rotatable bonds is 2. The standard InChI is InChI=1S/C28H36F2N2O2/c1-26-11-9-18-16(15-28(13-14-28)25-27(18,2)12-10-22(33)32(25)3)17(26)7-8-19(26)24(34)31-21-6-4-5-20(29)23(21)30/h4-6,16-19,25H,7-15H2,1-3H3,(H,31,34). The zero-order chi connectivity index (χ0) is 24.0. The number of likely N-dealkylation sites (tertiary alicyclic amines) is 1. The van der Waals surface area contributed by atoms with Crippen LogP contribution in [-0.4, -0.2) is 29.8 Å². The summed E-state index contributed by atoms with van der Waals surface area (Å²) in [6, 6.07) is 4.28. The number of amides is 2. The highest BCUT2D eigenvalue weighted by molar-refractivity contribution is 5.93. The molecule has 7 atom stereocenters. The first-order chi connectivity index (χ1) is 16.1. The largest absolute Gasteiger partial charge is 0.342 e. The zero-order valence-corrected chi connectivity index (χ0v) is 20.5. The molecule has 7 unspecified atom stereocenters. The first kappa shape index (κ1) is 22.5. The fourth-order valence-corrected chi connectivity index (χ4v) is 9.64. The average Bonchev–Trinajstić information content (AvgIpc) is 3.45. The van der Waals surface area contributed by atoms with Crippen LogP contribution < -0.4 is 5.32 Å². The number of nitrogens with one attached hydrogen (secondary N) is 1. The van der Waals surface area contributed by atoms with E-state index in [0.29, 0.717) is 36.1 Å². The summed E-state index contributed by atoms with van der Waals surface area (Å²) in [6.07, 6.45) is 9.11. The number of benzene rings is 1. The molecule has 1 heterocycles. The number of carbonyl (C=O) groups is 2. The van der Waals surface area contributed by atoms with E-state index in [1.807, 2.05) is 7.05 Å². The topological polar surface area (TPSA) is 49.4 Å². The van der Waals surface area contributed by atoms with E-state index < -0.39 is 11.6 Å². The number of halogens is 2. The summed E-state index contributed by atoms with van der Waals surface area (Å²) in [7, 11) is 2.03. The van der Waals surface area contributed by atoms with Crippen molar-refractivity contribution in [3.8, 4) is 0 Å². The molecule has 5 fully saturated rings. The maximum Gasteiger partial charge on any atom is 0.228 e. The molecule has 1 N–H and O–H groups in total. The van der Waals surface area contributed by atoms with Gasteiger partial charge in [-0.2, -0.15) is 0 Å². The van der Waals surface area contributed by atoms with Gasteiger partial charge in [0.05, 0.1) is 5.69 Å². The molecule has 0 radical (unpaired) electrons. The fourth-order valence-electron chi connectivity index (χ4n) is 9.64. The van der Waals surface area contributed by atoms with Crippen LogP contribution >= 0.6 is 0 Å². The molecular weight excluding hydrogens is 434 g/mol. The normalized spacial score (nSPS) is 42.1. The quantitative estimate of drug-likeness (QED) is 0.596. The molecule has 4 aliphatic carbocycles. The van der Waals surface area contributed by atoms with Crippen molar-refractivity contribution in [1.82, 2.24) is 4.90 Å². The third-order valence-electron chi connectivity index (χ3n) is 11.2. The molecule has 6 rings (SSSR count). The van der Waals surface area contributed by atoms with Crippen molar-refractivity contribution in [3.05, 3.63) is 29.8 Å². The van der Waals surface area contributed by atoms with E-state index in [4.69, 9.17) is 0 Å². The van der Waals surface area contributed by atoms with Gasteiger partial charge in [0.1, 0.15) is 0 Å². The van der Waals surface area contributed by atoms with Gasteiger partial charge in [-0.1, -0.05) is 19.9 Å². The predicted molar refractivity (Wildman–Crippen MR) is 126 cm³/mol. The molecule has 1 aromatic rings. The van der Waals surface area contributed by atoms with Gasteiger partial charge in [0.2, 0.25) is 11.8 Å². The SMILES string of the molecule is CN1C(=O)CCC2(C)C3CCC4(C)C(C(=O)Nc5cccc(F)c5F)CCC4C3CC3(CC3)C12. The molecule has 1 spiro atoms. The second-order valence-electron chi connectivity index (χ2n) is 12.6. The van der Waals surface area contributed by atoms with Crippen LogP contribution in [0.25, 0.3) is 0 Å². The van der Waals surface area contributed by atoms with Crippen molar-refractivity contribution in [2.24, 2.45) is 39.9 Å². The Labute approximate surface area is 200 Å². The molecule has 184 valence electrons. The minimum atomic E-state index is -0.989. The lowest BCUT2D eigenvalue weighted by Gasteiger charge is -2.64. The third kappa shape index (κ3) is 2.92. The summed E-state index contributed by atoms with van der Waals surface area (Å²) in [5.74, 6) is -0.351. The first-order valence-electron chi connectivity index (χ1n) is 13.1. The summed E-state index contributed by atoms with van der Waals surface area (Å²) in [4.78, 5) is 28.1. The van der Waals surface area contributed by atoms with Crippen LogP contribution in [0.2, 0.25) is 0 Å². The Morgan fingerprint density at radius 2 is 1.76 bits per heavy atom. The maximum atomic E-state index is 14.2. The molecule has 1 aromatic carbocycles. The van der Waals surface area contributed by atoms with Crippen molar-refractivity contribution in [2.45, 2.75) is 77.7 Å². The Morgan fingerprint density at radius 1 is 1.03 bits per heavy atom. The molecule has 4 nitrogen and oxygen atoms in total. The summed E-state index contributed by atoms with van der Waals surface area (Å²) >= 11 is 0. The van der Waals surface area contributed by atoms with Gasteiger partial charge in [-0.15, -0.1) is 0 Å². The van der Waals surface area contributed by atoms with Gasteiger partial charge in [0.15, 0.2) is 11.6 Å². The van der Waals surface area contributed by atoms with E-state index >= 15 is 0 Å². The van der Waals surface area contributed by atoms with Crippen molar-refractivity contribution in [3.63, 3.8) is 0 Å². The second-order valence-corrected chi connectivity index (χ2v) is 12.6. The van der Waals surface area contributed by atoms with Crippen LogP contribution in [0.3, 0.4) is 0 Å². The lowest BCUT2D eigenvalue weighted by Crippen LogP contribution is -2.65. The number of carbonyl (C=O) groups excluding carboxylic acids is 2. The number of hydrogen-bond donors (Lipinski definition) is 1. The van der Waals surface area contributed by atoms with Gasteiger partial charge < -0.3 is 10.2 Å². The van der Waals surface area contributed by atoms with Crippen LogP contribution in [-0.2, 0) is 9.59 Å². The summed E-state index contributed by atoms with van der Waals surface area (Å²) in [5.41, 5.74) is 0.217. The first-order valence-corrected chi connectivity index (χ1v) is 13.1. The van der Waals surface area contributed by atoms with Crippen LogP contribution in [0, 0.1) is 51.6 Å². The van der Waals surface area contributed by atoms with Gasteiger partial charge in [0, 0.05) is 25.4 Å². The van der Waals surface area contributed by atoms with Crippen LogP contribution in [0.15, 0.2) is 18.2 Å². The number of piperidine rings is 1. The van der Waals surface area contributed by atoms with E-state index in [2.05, 4.69) is 24.1 Å². The van der Waals surface area contributed by atoms with E-state index in [1.165, 1.54) is 31.4 Å². The van der Waals surface area contributed by atoms with Crippen LogP contribution in [0.5, 0.6) is 0 Å². The lowest BCUT2D eigenvalue weighted by atomic mass is 9.44. The molecular formula is C28H36F2N2O2. The van der Waals surface area contributed by atoms with Crippen LogP contribution in [0.4, 0.5) is 14.5 Å². The predicted octanol–water partition coefficient (Wildman–Crippen LogP) is 5.77. The van der Waals surface area contributed by atoms with Crippen molar-refractivity contribution in [1.29, 1.82) is 0 Å². The number of anilines is 1. The van der Waals surface area contributed by atoms with Gasteiger partial charge in [-0.3, -0.25) is 9.59 Å². The van der Waals surface area contributed by atoms with Crippen LogP contribution in [0.1, 0.15) is 71.6 Å². The van der Waals surface area contributed by atoms with Gasteiger partial charge in [-0.05, 0) is 97.5 Å². The third-order valence-corrected chi connectivity index (χ3v) is 11.2. The Bertz CT molecular complexity index is 1050. The highest BCUT2D eigenvalue weighted by Crippen LogP contribution is 2.73. The van der Waals surface area contributed by atoms with Crippen molar-refractivity contribution in [2.75, 3.05) is 12.4 Å². The Kier molecular flexibility index (Phi) is 4.81. The highest BCUT2D eigenvalue weighted by atomic mass is 19.2. The van der Waals surface area contributed by atoms with Gasteiger partial charge in [-0.25, -0.2) is 8.78 Å². The smallest absolute Gasteiger partial charge is 0.228 e. The number of hydrogen-bond acceptors (Lipinski definition) is 2. The fraction of sp³-hybridized carbons (Fsp3) is 0.714. The Hall–Kier alpha value is -1.98. The number of nitrogens with zero attached hydrogens (tertiary/aromatic N) is 1. The Morgan fingerprint density at radius 3 is 2.50 bits per heavy atom. The van der Waals surface area contributed by atoms with E-state index in [-0.39, 0.29) is 33.8 Å². The molecule has 34 heavy (non-hydrogen) atoms. The molecule has 0 bridgehead atoms. The molecule has 4 saturated carbocycles. The number of fused-ring (bicyclic) bond motifs is 6. The molecule has 1 aliphatic heterocycles. The van der Waals surface area contributed by atoms with E-state index in [9.17, 15) is 18.4 Å². The zero-order valence-electron chi connectivity index (χ0n) is 20.5. The summed E-state index contributed by atoms with van der Waals surface area (Å²) < 4.78 is 27.9. The van der Waals surface area contributed by atoms with Crippen molar-refractivity contribution >= 4 is 17.5 Å². The highest BCUT2D eigenvalue weighted by Gasteiger charge is 2.70. The molecule has 2 amide bonds. The van der Waals surface area contributed by atoms with Gasteiger partial charge >= 0.3 is 0 Å². The van der Waals surface area contributed by atoms with E-state index in [1.54, 1.807) is 0 Å². The second kappa shape index (κ2) is 7.27. The summed E-state index contributed by atoms with van der Waals surface area (Å²) in [6.45, 7) is 4.73. The van der Waals surface area contributed by atoms with E-state index in [0.717, 1.165) is 38.2 Å². The average molecular weight is 471 g/mol. The minimum Gasteiger partial charge on any atom is -0.342 e. The van der Waals surface area contributed by atoms with Crippen molar-refractivity contribution < 1.29 is 18.4 Å². The monoisotopic (exact) mass is 470 g/mol. The maximum absolute atomic E-state index is 14.2. The molecule has 0 aromatic heterocycles. The Balaban J connectivity index is 1.28. The molecule has 6 heteroatoms. The lowest BCUT2D eigenvalue weighted by molar-refractivity contribution is -0.173. The molecule has 1 saturated heterocycles. The molecule has 5 aliphatic rings. The summed E-state index contributed by atoms with van der Waals surface area (Å²) in [5, 5.41) is 2.72.